The van der Waals surface area contributed by atoms with Crippen LogP contribution in [0.2, 0.25) is 0 Å². The van der Waals surface area contributed by atoms with Gasteiger partial charge in [-0.25, -0.2) is 14.2 Å². The molecule has 0 unspecified atom stereocenters. The van der Waals surface area contributed by atoms with Crippen LogP contribution in [0, 0.1) is 5.82 Å². The molecule has 4 rings (SSSR count). The highest BCUT2D eigenvalue weighted by molar-refractivity contribution is 7.13. The monoisotopic (exact) mass is 396 g/mol. The van der Waals surface area contributed by atoms with Gasteiger partial charge in [0.15, 0.2) is 12.3 Å². The van der Waals surface area contributed by atoms with Crippen molar-refractivity contribution in [2.45, 2.75) is 19.4 Å². The number of thiazole rings is 1. The van der Waals surface area contributed by atoms with Gasteiger partial charge in [-0.15, -0.1) is 11.3 Å². The summed E-state index contributed by atoms with van der Waals surface area (Å²) in [6.07, 6.45) is 0.781. The van der Waals surface area contributed by atoms with E-state index in [4.69, 9.17) is 4.74 Å². The third-order valence-electron chi connectivity index (χ3n) is 4.61. The Hall–Kier alpha value is -3.06. The van der Waals surface area contributed by atoms with E-state index in [1.807, 2.05) is 31.2 Å². The first-order valence-corrected chi connectivity index (χ1v) is 9.69. The number of ether oxygens (including phenoxy) is 1. The number of carbonyl (C=O) groups excluding carboxylic acids is 2. The number of aromatic nitrogens is 1. The van der Waals surface area contributed by atoms with Crippen LogP contribution < -0.4 is 4.90 Å². The Bertz CT molecular complexity index is 1030. The molecule has 2 heterocycles. The second-order valence-corrected chi connectivity index (χ2v) is 7.42. The molecule has 0 N–H and O–H groups in total. The molecule has 1 atom stereocenters. The van der Waals surface area contributed by atoms with Gasteiger partial charge in [-0.05, 0) is 49.2 Å². The first-order valence-electron chi connectivity index (χ1n) is 8.81. The number of hydrogen-bond acceptors (Lipinski definition) is 5. The molecule has 1 amide bonds. The number of amides is 1. The van der Waals surface area contributed by atoms with Crippen LogP contribution in [0.5, 0.6) is 0 Å². The van der Waals surface area contributed by atoms with Crippen LogP contribution in [0.3, 0.4) is 0 Å². The lowest BCUT2D eigenvalue weighted by Gasteiger charge is -2.22. The van der Waals surface area contributed by atoms with E-state index in [0.717, 1.165) is 17.7 Å². The largest absolute Gasteiger partial charge is 0.451 e. The lowest BCUT2D eigenvalue weighted by molar-refractivity contribution is -0.122. The minimum atomic E-state index is -0.655. The number of carbonyl (C=O) groups is 2. The molecule has 0 saturated heterocycles. The van der Waals surface area contributed by atoms with Gasteiger partial charge in [0.1, 0.15) is 10.8 Å². The molecule has 1 aromatic heterocycles. The van der Waals surface area contributed by atoms with Crippen molar-refractivity contribution in [1.29, 1.82) is 0 Å². The zero-order chi connectivity index (χ0) is 19.7. The highest BCUT2D eigenvalue weighted by Gasteiger charge is 2.31. The number of rotatable bonds is 4. The van der Waals surface area contributed by atoms with E-state index < -0.39 is 5.97 Å². The average molecular weight is 396 g/mol. The summed E-state index contributed by atoms with van der Waals surface area (Å²) in [5, 5.41) is 2.15. The van der Waals surface area contributed by atoms with E-state index in [1.54, 1.807) is 22.4 Å². The fourth-order valence-electron chi connectivity index (χ4n) is 3.31. The second-order valence-electron chi connectivity index (χ2n) is 6.57. The first-order chi connectivity index (χ1) is 13.5. The number of esters is 1. The molecule has 2 aromatic carbocycles. The summed E-state index contributed by atoms with van der Waals surface area (Å²) in [6, 6.07) is 13.6. The van der Waals surface area contributed by atoms with Crippen molar-refractivity contribution in [3.8, 4) is 10.6 Å². The zero-order valence-corrected chi connectivity index (χ0v) is 15.9. The predicted molar refractivity (Wildman–Crippen MR) is 105 cm³/mol. The number of fused-ring (bicyclic) bond motifs is 1. The first kappa shape index (κ1) is 18.3. The van der Waals surface area contributed by atoms with Gasteiger partial charge in [0.05, 0.1) is 0 Å². The Kier molecular flexibility index (Phi) is 4.92. The standard InChI is InChI=1S/C21H17FN2O3S/c1-13-10-15-4-2-3-5-18(15)24(13)19(25)11-27-21(26)17-12-28-20(23-17)14-6-8-16(22)9-7-14/h2-9,12-13H,10-11H2,1H3/t13-/m1/s1. The molecule has 5 nitrogen and oxygen atoms in total. The number of halogens is 1. The van der Waals surface area contributed by atoms with Crippen molar-refractivity contribution in [2.24, 2.45) is 0 Å². The quantitative estimate of drug-likeness (QED) is 0.624. The van der Waals surface area contributed by atoms with Crippen LogP contribution in [0.4, 0.5) is 10.1 Å². The number of hydrogen-bond donors (Lipinski definition) is 0. The summed E-state index contributed by atoms with van der Waals surface area (Å²) in [5.41, 5.74) is 2.82. The van der Waals surface area contributed by atoms with Crippen molar-refractivity contribution in [2.75, 3.05) is 11.5 Å². The SMILES string of the molecule is C[C@@H]1Cc2ccccc2N1C(=O)COC(=O)c1csc(-c2ccc(F)cc2)n1. The molecular formula is C21H17FN2O3S. The second kappa shape index (κ2) is 7.52. The number of para-hydroxylation sites is 1. The summed E-state index contributed by atoms with van der Waals surface area (Å²) in [6.45, 7) is 1.62. The van der Waals surface area contributed by atoms with Gasteiger partial charge in [0.25, 0.3) is 5.91 Å². The highest BCUT2D eigenvalue weighted by Crippen LogP contribution is 2.32. The maximum Gasteiger partial charge on any atom is 0.358 e. The number of benzene rings is 2. The molecule has 0 spiro atoms. The summed E-state index contributed by atoms with van der Waals surface area (Å²) in [7, 11) is 0. The van der Waals surface area contributed by atoms with Crippen LogP contribution in [0.15, 0.2) is 53.9 Å². The topological polar surface area (TPSA) is 59.5 Å². The molecular weight excluding hydrogens is 379 g/mol. The van der Waals surface area contributed by atoms with E-state index in [-0.39, 0.29) is 30.1 Å². The van der Waals surface area contributed by atoms with Crippen LogP contribution in [0.1, 0.15) is 23.0 Å². The molecule has 0 saturated carbocycles. The van der Waals surface area contributed by atoms with Gasteiger partial charge in [-0.1, -0.05) is 18.2 Å². The Balaban J connectivity index is 1.41. The van der Waals surface area contributed by atoms with Crippen molar-refractivity contribution < 1.29 is 18.7 Å². The molecule has 3 aromatic rings. The van der Waals surface area contributed by atoms with Gasteiger partial charge >= 0.3 is 5.97 Å². The molecule has 0 bridgehead atoms. The Morgan fingerprint density at radius 1 is 1.21 bits per heavy atom. The van der Waals surface area contributed by atoms with Crippen LogP contribution in [-0.2, 0) is 16.0 Å². The maximum absolute atomic E-state index is 13.0. The third kappa shape index (κ3) is 3.53. The van der Waals surface area contributed by atoms with E-state index in [0.29, 0.717) is 10.6 Å². The smallest absolute Gasteiger partial charge is 0.358 e. The Morgan fingerprint density at radius 2 is 1.96 bits per heavy atom. The normalized spacial score (nSPS) is 15.4. The molecule has 0 fully saturated rings. The van der Waals surface area contributed by atoms with Crippen molar-refractivity contribution >= 4 is 28.9 Å². The van der Waals surface area contributed by atoms with Gasteiger partial charge < -0.3 is 9.64 Å². The Morgan fingerprint density at radius 3 is 2.75 bits per heavy atom. The van der Waals surface area contributed by atoms with Gasteiger partial charge in [-0.2, -0.15) is 0 Å². The molecule has 1 aliphatic rings. The van der Waals surface area contributed by atoms with Gasteiger partial charge in [-0.3, -0.25) is 4.79 Å². The lowest BCUT2D eigenvalue weighted by atomic mass is 10.1. The van der Waals surface area contributed by atoms with Crippen molar-refractivity contribution in [3.63, 3.8) is 0 Å². The van der Waals surface area contributed by atoms with E-state index in [9.17, 15) is 14.0 Å². The summed E-state index contributed by atoms with van der Waals surface area (Å²) in [5.74, 6) is -1.26. The molecule has 0 radical (unpaired) electrons. The molecule has 1 aliphatic heterocycles. The lowest BCUT2D eigenvalue weighted by Crippen LogP contribution is -2.38. The van der Waals surface area contributed by atoms with E-state index >= 15 is 0 Å². The zero-order valence-electron chi connectivity index (χ0n) is 15.1. The van der Waals surface area contributed by atoms with Crippen LogP contribution in [-0.4, -0.2) is 29.5 Å². The molecule has 7 heteroatoms. The van der Waals surface area contributed by atoms with Gasteiger partial charge in [0, 0.05) is 22.7 Å². The summed E-state index contributed by atoms with van der Waals surface area (Å²) in [4.78, 5) is 30.8. The maximum atomic E-state index is 13.0. The minimum absolute atomic E-state index is 0.0213. The summed E-state index contributed by atoms with van der Waals surface area (Å²) < 4.78 is 18.2. The number of anilines is 1. The fourth-order valence-corrected chi connectivity index (χ4v) is 4.10. The molecule has 0 aliphatic carbocycles. The summed E-state index contributed by atoms with van der Waals surface area (Å²) >= 11 is 1.26. The minimum Gasteiger partial charge on any atom is -0.451 e. The van der Waals surface area contributed by atoms with Crippen molar-refractivity contribution in [1.82, 2.24) is 4.98 Å². The molecule has 142 valence electrons. The third-order valence-corrected chi connectivity index (χ3v) is 5.50. The van der Waals surface area contributed by atoms with Crippen molar-refractivity contribution in [3.05, 3.63) is 71.0 Å². The molecule has 28 heavy (non-hydrogen) atoms. The predicted octanol–water partition coefficient (Wildman–Crippen LogP) is 4.08. The van der Waals surface area contributed by atoms with Crippen LogP contribution in [0.25, 0.3) is 10.6 Å². The van der Waals surface area contributed by atoms with E-state index in [2.05, 4.69) is 4.98 Å². The number of nitrogens with zero attached hydrogens (tertiary/aromatic N) is 2. The average Bonchev–Trinajstić information content (AvgIpc) is 3.30. The fraction of sp³-hybridized carbons (Fsp3) is 0.190. The van der Waals surface area contributed by atoms with E-state index in [1.165, 1.54) is 23.5 Å². The highest BCUT2D eigenvalue weighted by atomic mass is 32.1. The van der Waals surface area contributed by atoms with Gasteiger partial charge in [0.2, 0.25) is 0 Å². The van der Waals surface area contributed by atoms with Crippen LogP contribution >= 0.6 is 11.3 Å². The Labute approximate surface area is 165 Å².